The molecule has 1 heterocycles. The summed E-state index contributed by atoms with van der Waals surface area (Å²) in [6.45, 7) is 2.05. The fraction of sp³-hybridized carbons (Fsp3) is 0.167. The highest BCUT2D eigenvalue weighted by atomic mass is 79.9. The summed E-state index contributed by atoms with van der Waals surface area (Å²) in [4.78, 5) is 1.05. The monoisotopic (exact) mass is 393 g/mol. The van der Waals surface area contributed by atoms with Crippen molar-refractivity contribution in [3.8, 4) is 0 Å². The second-order valence-electron chi connectivity index (χ2n) is 3.77. The summed E-state index contributed by atoms with van der Waals surface area (Å²) in [5, 5.41) is 0. The van der Waals surface area contributed by atoms with E-state index in [1.165, 1.54) is 16.9 Å². The van der Waals surface area contributed by atoms with Gasteiger partial charge in [0.1, 0.15) is 4.34 Å². The van der Waals surface area contributed by atoms with Gasteiger partial charge in [0.2, 0.25) is 0 Å². The van der Waals surface area contributed by atoms with E-state index >= 15 is 0 Å². The molecule has 0 saturated carbocycles. The molecule has 1 nitrogen and oxygen atoms in total. The van der Waals surface area contributed by atoms with Gasteiger partial charge in [0.05, 0.1) is 6.04 Å². The number of rotatable bonds is 2. The average molecular weight is 396 g/mol. The van der Waals surface area contributed by atoms with Gasteiger partial charge in [-0.05, 0) is 46.1 Å². The molecule has 0 radical (unpaired) electrons. The van der Waals surface area contributed by atoms with Crippen LogP contribution in [0.2, 0.25) is 4.34 Å². The van der Waals surface area contributed by atoms with Crippen LogP contribution in [0.15, 0.2) is 33.2 Å². The van der Waals surface area contributed by atoms with E-state index in [0.29, 0.717) is 0 Å². The minimum atomic E-state index is -0.154. The molecule has 2 rings (SSSR count). The van der Waals surface area contributed by atoms with Crippen LogP contribution in [0.25, 0.3) is 0 Å². The van der Waals surface area contributed by atoms with Crippen LogP contribution in [0.5, 0.6) is 0 Å². The van der Waals surface area contributed by atoms with Crippen molar-refractivity contribution in [3.63, 3.8) is 0 Å². The highest BCUT2D eigenvalue weighted by Crippen LogP contribution is 2.38. The van der Waals surface area contributed by atoms with Crippen LogP contribution in [0.3, 0.4) is 0 Å². The van der Waals surface area contributed by atoms with Gasteiger partial charge in [-0.2, -0.15) is 0 Å². The summed E-state index contributed by atoms with van der Waals surface area (Å²) in [6.07, 6.45) is 0. The Morgan fingerprint density at radius 1 is 1.24 bits per heavy atom. The largest absolute Gasteiger partial charge is 0.320 e. The molecule has 0 amide bonds. The SMILES string of the molecule is Cc1ccc(C(N)c2cc(Br)c(Cl)s2)c(Br)c1. The molecule has 1 aromatic heterocycles. The van der Waals surface area contributed by atoms with Crippen LogP contribution < -0.4 is 5.73 Å². The Morgan fingerprint density at radius 2 is 1.94 bits per heavy atom. The predicted molar refractivity (Wildman–Crippen MR) is 81.9 cm³/mol. The first-order chi connectivity index (χ1) is 7.99. The molecule has 0 aliphatic heterocycles. The zero-order valence-corrected chi connectivity index (χ0v) is 13.8. The van der Waals surface area contributed by atoms with Crippen LogP contribution in [0.4, 0.5) is 0 Å². The van der Waals surface area contributed by atoms with Crippen molar-refractivity contribution in [3.05, 3.63) is 53.6 Å². The van der Waals surface area contributed by atoms with Crippen LogP contribution in [0.1, 0.15) is 22.0 Å². The van der Waals surface area contributed by atoms with Crippen molar-refractivity contribution in [1.29, 1.82) is 0 Å². The van der Waals surface area contributed by atoms with E-state index in [4.69, 9.17) is 17.3 Å². The molecule has 17 heavy (non-hydrogen) atoms. The molecule has 1 atom stereocenters. The van der Waals surface area contributed by atoms with Crippen molar-refractivity contribution >= 4 is 54.8 Å². The number of benzene rings is 1. The van der Waals surface area contributed by atoms with E-state index in [0.717, 1.165) is 23.7 Å². The lowest BCUT2D eigenvalue weighted by Gasteiger charge is -2.12. The summed E-state index contributed by atoms with van der Waals surface area (Å²) in [5.74, 6) is 0. The van der Waals surface area contributed by atoms with Gasteiger partial charge < -0.3 is 5.73 Å². The van der Waals surface area contributed by atoms with Gasteiger partial charge in [-0.3, -0.25) is 0 Å². The van der Waals surface area contributed by atoms with Crippen molar-refractivity contribution in [2.75, 3.05) is 0 Å². The number of halogens is 3. The molecule has 5 heteroatoms. The molecule has 0 spiro atoms. The number of thiophene rings is 1. The molecular formula is C12H10Br2ClNS. The molecule has 2 N–H and O–H groups in total. The average Bonchev–Trinajstić information content (AvgIpc) is 2.58. The Morgan fingerprint density at radius 3 is 2.47 bits per heavy atom. The Labute approximate surface area is 126 Å². The number of hydrogen-bond acceptors (Lipinski definition) is 2. The Hall–Kier alpha value is 0.130. The second-order valence-corrected chi connectivity index (χ2v) is 7.17. The van der Waals surface area contributed by atoms with Gasteiger partial charge in [-0.25, -0.2) is 0 Å². The molecule has 0 bridgehead atoms. The molecule has 0 saturated heterocycles. The molecule has 0 aliphatic rings. The summed E-state index contributed by atoms with van der Waals surface area (Å²) in [5.41, 5.74) is 8.53. The first-order valence-corrected chi connectivity index (χ1v) is 7.73. The van der Waals surface area contributed by atoms with E-state index in [2.05, 4.69) is 50.9 Å². The Balaban J connectivity index is 2.39. The highest BCUT2D eigenvalue weighted by Gasteiger charge is 2.16. The van der Waals surface area contributed by atoms with Gasteiger partial charge in [-0.15, -0.1) is 11.3 Å². The Bertz CT molecular complexity index is 534. The van der Waals surface area contributed by atoms with Crippen molar-refractivity contribution in [1.82, 2.24) is 0 Å². The van der Waals surface area contributed by atoms with Crippen molar-refractivity contribution in [2.45, 2.75) is 13.0 Å². The fourth-order valence-electron chi connectivity index (χ4n) is 1.55. The number of aryl methyl sites for hydroxylation is 1. The van der Waals surface area contributed by atoms with Crippen LogP contribution in [-0.2, 0) is 0 Å². The summed E-state index contributed by atoms with van der Waals surface area (Å²) < 4.78 is 2.67. The lowest BCUT2D eigenvalue weighted by molar-refractivity contribution is 0.886. The van der Waals surface area contributed by atoms with Gasteiger partial charge >= 0.3 is 0 Å². The highest BCUT2D eigenvalue weighted by molar-refractivity contribution is 9.10. The van der Waals surface area contributed by atoms with Crippen molar-refractivity contribution < 1.29 is 0 Å². The lowest BCUT2D eigenvalue weighted by atomic mass is 10.0. The molecule has 1 aromatic carbocycles. The van der Waals surface area contributed by atoms with E-state index in [1.807, 2.05) is 12.1 Å². The zero-order chi connectivity index (χ0) is 12.6. The quantitative estimate of drug-likeness (QED) is 0.735. The maximum Gasteiger partial charge on any atom is 0.107 e. The Kier molecular flexibility index (Phi) is 4.31. The summed E-state index contributed by atoms with van der Waals surface area (Å²) in [6, 6.07) is 8.00. The van der Waals surface area contributed by atoms with Crippen LogP contribution in [-0.4, -0.2) is 0 Å². The standard InChI is InChI=1S/C12H10Br2ClNS/c1-6-2-3-7(8(13)4-6)11(16)10-5-9(14)12(15)17-10/h2-5,11H,16H2,1H3. The zero-order valence-electron chi connectivity index (χ0n) is 9.01. The molecule has 90 valence electrons. The van der Waals surface area contributed by atoms with Gasteiger partial charge in [0, 0.05) is 13.8 Å². The normalized spacial score (nSPS) is 12.8. The van der Waals surface area contributed by atoms with Crippen LogP contribution >= 0.6 is 54.8 Å². The summed E-state index contributed by atoms with van der Waals surface area (Å²) in [7, 11) is 0. The third-order valence-corrected chi connectivity index (χ3v) is 5.71. The lowest BCUT2D eigenvalue weighted by Crippen LogP contribution is -2.10. The maximum absolute atomic E-state index is 6.25. The molecular weight excluding hydrogens is 385 g/mol. The van der Waals surface area contributed by atoms with E-state index in [-0.39, 0.29) is 6.04 Å². The van der Waals surface area contributed by atoms with Gasteiger partial charge in [0.15, 0.2) is 0 Å². The smallest absolute Gasteiger partial charge is 0.107 e. The van der Waals surface area contributed by atoms with E-state index in [1.54, 1.807) is 0 Å². The first-order valence-electron chi connectivity index (χ1n) is 4.95. The molecule has 2 aromatic rings. The topological polar surface area (TPSA) is 26.0 Å². The maximum atomic E-state index is 6.25. The van der Waals surface area contributed by atoms with Gasteiger partial charge in [0.25, 0.3) is 0 Å². The van der Waals surface area contributed by atoms with E-state index < -0.39 is 0 Å². The third-order valence-electron chi connectivity index (χ3n) is 2.46. The number of hydrogen-bond donors (Lipinski definition) is 1. The van der Waals surface area contributed by atoms with Crippen LogP contribution in [0, 0.1) is 6.92 Å². The molecule has 0 fully saturated rings. The minimum absolute atomic E-state index is 0.154. The molecule has 0 aliphatic carbocycles. The minimum Gasteiger partial charge on any atom is -0.320 e. The van der Waals surface area contributed by atoms with E-state index in [9.17, 15) is 0 Å². The fourth-order valence-corrected chi connectivity index (χ4v) is 4.05. The molecule has 1 unspecified atom stereocenters. The van der Waals surface area contributed by atoms with Gasteiger partial charge in [-0.1, -0.05) is 39.7 Å². The summed E-state index contributed by atoms with van der Waals surface area (Å²) >= 11 is 14.5. The number of nitrogens with two attached hydrogens (primary N) is 1. The second kappa shape index (κ2) is 5.41. The third kappa shape index (κ3) is 2.93. The van der Waals surface area contributed by atoms with Crippen molar-refractivity contribution in [2.24, 2.45) is 5.73 Å². The first kappa shape index (κ1) is 13.6. The predicted octanol–water partition coefficient (Wildman–Crippen LogP) is 5.28.